The summed E-state index contributed by atoms with van der Waals surface area (Å²) in [6.07, 6.45) is -4.92. The van der Waals surface area contributed by atoms with Crippen LogP contribution in [0.25, 0.3) is 0 Å². The predicted octanol–water partition coefficient (Wildman–Crippen LogP) is 0.979. The zero-order valence-corrected chi connectivity index (χ0v) is 12.5. The molecule has 0 aliphatic carbocycles. The molecule has 0 saturated heterocycles. The summed E-state index contributed by atoms with van der Waals surface area (Å²) in [7, 11) is 1.12. The van der Waals surface area contributed by atoms with Gasteiger partial charge in [0.15, 0.2) is 6.61 Å². The quantitative estimate of drug-likeness (QED) is 0.680. The SMILES string of the molecule is CCC(C)C(NC(=O)OC)C(=O)NCC(=O)OCC(F)(F)F. The number of esters is 1. The van der Waals surface area contributed by atoms with E-state index >= 15 is 0 Å². The molecule has 0 rings (SSSR count). The first-order valence-electron chi connectivity index (χ1n) is 6.45. The number of nitrogens with one attached hydrogen (secondary N) is 2. The second kappa shape index (κ2) is 9.11. The molecular formula is C12H19F3N2O5. The Kier molecular flexibility index (Phi) is 8.28. The molecule has 0 spiro atoms. The number of rotatable bonds is 7. The maximum atomic E-state index is 11.9. The molecule has 0 aliphatic heterocycles. The molecule has 0 fully saturated rings. The fourth-order valence-corrected chi connectivity index (χ4v) is 1.37. The van der Waals surface area contributed by atoms with E-state index in [1.807, 2.05) is 0 Å². The van der Waals surface area contributed by atoms with Crippen molar-refractivity contribution in [2.45, 2.75) is 32.5 Å². The van der Waals surface area contributed by atoms with Crippen LogP contribution in [-0.4, -0.2) is 50.4 Å². The van der Waals surface area contributed by atoms with Gasteiger partial charge in [-0.25, -0.2) is 4.79 Å². The van der Waals surface area contributed by atoms with E-state index in [-0.39, 0.29) is 5.92 Å². The first-order chi connectivity index (χ1) is 10.1. The van der Waals surface area contributed by atoms with Crippen LogP contribution in [0, 0.1) is 5.92 Å². The third-order valence-corrected chi connectivity index (χ3v) is 2.76. The van der Waals surface area contributed by atoms with Crippen molar-refractivity contribution in [1.82, 2.24) is 10.6 Å². The summed E-state index contributed by atoms with van der Waals surface area (Å²) in [4.78, 5) is 34.1. The van der Waals surface area contributed by atoms with Crippen molar-refractivity contribution in [3.05, 3.63) is 0 Å². The van der Waals surface area contributed by atoms with Crippen molar-refractivity contribution < 1.29 is 37.0 Å². The standard InChI is InChI=1S/C12H19F3N2O5/c1-4-7(2)9(17-11(20)21-3)10(19)16-5-8(18)22-6-12(13,14)15/h7,9H,4-6H2,1-3H3,(H,16,19)(H,17,20). The van der Waals surface area contributed by atoms with E-state index in [9.17, 15) is 27.6 Å². The van der Waals surface area contributed by atoms with Crippen LogP contribution in [0.4, 0.5) is 18.0 Å². The number of hydrogen-bond donors (Lipinski definition) is 2. The Balaban J connectivity index is 4.44. The summed E-state index contributed by atoms with van der Waals surface area (Å²) in [5, 5.41) is 4.40. The van der Waals surface area contributed by atoms with Gasteiger partial charge in [-0.05, 0) is 5.92 Å². The van der Waals surface area contributed by atoms with E-state index in [0.29, 0.717) is 6.42 Å². The maximum absolute atomic E-state index is 11.9. The number of methoxy groups -OCH3 is 1. The highest BCUT2D eigenvalue weighted by molar-refractivity contribution is 5.88. The van der Waals surface area contributed by atoms with Crippen molar-refractivity contribution in [3.63, 3.8) is 0 Å². The summed E-state index contributed by atoms with van der Waals surface area (Å²) >= 11 is 0. The third-order valence-electron chi connectivity index (χ3n) is 2.76. The number of ether oxygens (including phenoxy) is 2. The lowest BCUT2D eigenvalue weighted by Gasteiger charge is -2.22. The number of amides is 2. The average Bonchev–Trinajstić information content (AvgIpc) is 2.46. The number of carbonyl (C=O) groups is 3. The van der Waals surface area contributed by atoms with E-state index in [2.05, 4.69) is 20.1 Å². The minimum atomic E-state index is -4.63. The van der Waals surface area contributed by atoms with E-state index in [1.165, 1.54) is 0 Å². The molecule has 2 N–H and O–H groups in total. The fraction of sp³-hybridized carbons (Fsp3) is 0.750. The molecule has 0 aromatic rings. The molecule has 0 aromatic carbocycles. The summed E-state index contributed by atoms with van der Waals surface area (Å²) in [5.41, 5.74) is 0. The zero-order chi connectivity index (χ0) is 17.3. The minimum Gasteiger partial charge on any atom is -0.455 e. The van der Waals surface area contributed by atoms with Gasteiger partial charge < -0.3 is 20.1 Å². The summed E-state index contributed by atoms with van der Waals surface area (Å²) < 4.78 is 43.9. The lowest BCUT2D eigenvalue weighted by atomic mass is 9.98. The van der Waals surface area contributed by atoms with Crippen molar-refractivity contribution >= 4 is 18.0 Å². The lowest BCUT2D eigenvalue weighted by molar-refractivity contribution is -0.185. The normalized spacial score (nSPS) is 13.7. The van der Waals surface area contributed by atoms with Crippen LogP contribution in [0.15, 0.2) is 0 Å². The van der Waals surface area contributed by atoms with Crippen LogP contribution in [0.1, 0.15) is 20.3 Å². The van der Waals surface area contributed by atoms with Gasteiger partial charge in [-0.1, -0.05) is 20.3 Å². The first-order valence-corrected chi connectivity index (χ1v) is 6.45. The summed E-state index contributed by atoms with van der Waals surface area (Å²) in [6.45, 7) is 1.01. The number of carbonyl (C=O) groups excluding carboxylic acids is 3. The van der Waals surface area contributed by atoms with Gasteiger partial charge in [0.1, 0.15) is 12.6 Å². The van der Waals surface area contributed by atoms with Crippen molar-refractivity contribution in [1.29, 1.82) is 0 Å². The third kappa shape index (κ3) is 8.32. The highest BCUT2D eigenvalue weighted by Crippen LogP contribution is 2.14. The smallest absolute Gasteiger partial charge is 0.422 e. The molecule has 0 aromatic heterocycles. The molecule has 128 valence electrons. The number of hydrogen-bond acceptors (Lipinski definition) is 5. The summed E-state index contributed by atoms with van der Waals surface area (Å²) in [5.74, 6) is -2.22. The van der Waals surface area contributed by atoms with E-state index in [0.717, 1.165) is 7.11 Å². The lowest BCUT2D eigenvalue weighted by Crippen LogP contribution is -2.51. The molecular weight excluding hydrogens is 309 g/mol. The molecule has 2 amide bonds. The molecule has 0 saturated carbocycles. The molecule has 10 heteroatoms. The Morgan fingerprint density at radius 2 is 1.82 bits per heavy atom. The van der Waals surface area contributed by atoms with Gasteiger partial charge in [-0.2, -0.15) is 13.2 Å². The Labute approximate surface area is 125 Å². The topological polar surface area (TPSA) is 93.7 Å². The van der Waals surface area contributed by atoms with Gasteiger partial charge in [0.2, 0.25) is 5.91 Å². The predicted molar refractivity (Wildman–Crippen MR) is 68.8 cm³/mol. The van der Waals surface area contributed by atoms with Crippen molar-refractivity contribution in [2.24, 2.45) is 5.92 Å². The molecule has 7 nitrogen and oxygen atoms in total. The van der Waals surface area contributed by atoms with E-state index in [4.69, 9.17) is 0 Å². The zero-order valence-electron chi connectivity index (χ0n) is 12.5. The monoisotopic (exact) mass is 328 g/mol. The highest BCUT2D eigenvalue weighted by Gasteiger charge is 2.30. The number of alkyl halides is 3. The first kappa shape index (κ1) is 20.0. The Morgan fingerprint density at radius 3 is 2.27 bits per heavy atom. The molecule has 0 bridgehead atoms. The average molecular weight is 328 g/mol. The van der Waals surface area contributed by atoms with Gasteiger partial charge in [-0.15, -0.1) is 0 Å². The van der Waals surface area contributed by atoms with Gasteiger partial charge in [0, 0.05) is 0 Å². The van der Waals surface area contributed by atoms with Gasteiger partial charge in [0.05, 0.1) is 7.11 Å². The summed E-state index contributed by atoms with van der Waals surface area (Å²) in [6, 6.07) is -0.979. The number of alkyl carbamates (subject to hydrolysis) is 1. The minimum absolute atomic E-state index is 0.273. The van der Waals surface area contributed by atoms with Crippen LogP contribution in [-0.2, 0) is 19.1 Å². The van der Waals surface area contributed by atoms with Crippen molar-refractivity contribution in [2.75, 3.05) is 20.3 Å². The molecule has 0 aliphatic rings. The van der Waals surface area contributed by atoms with Crippen LogP contribution >= 0.6 is 0 Å². The van der Waals surface area contributed by atoms with Crippen molar-refractivity contribution in [3.8, 4) is 0 Å². The maximum Gasteiger partial charge on any atom is 0.422 e. The van der Waals surface area contributed by atoms with Gasteiger partial charge >= 0.3 is 18.2 Å². The van der Waals surface area contributed by atoms with Crippen LogP contribution < -0.4 is 10.6 Å². The Morgan fingerprint density at radius 1 is 1.23 bits per heavy atom. The molecule has 22 heavy (non-hydrogen) atoms. The highest BCUT2D eigenvalue weighted by atomic mass is 19.4. The van der Waals surface area contributed by atoms with E-state index < -0.39 is 43.3 Å². The Hall–Kier alpha value is -2.00. The van der Waals surface area contributed by atoms with Crippen LogP contribution in [0.2, 0.25) is 0 Å². The van der Waals surface area contributed by atoms with Gasteiger partial charge in [0.25, 0.3) is 0 Å². The largest absolute Gasteiger partial charge is 0.455 e. The van der Waals surface area contributed by atoms with Crippen LogP contribution in [0.5, 0.6) is 0 Å². The number of halogens is 3. The van der Waals surface area contributed by atoms with Gasteiger partial charge in [-0.3, -0.25) is 9.59 Å². The van der Waals surface area contributed by atoms with Crippen LogP contribution in [0.3, 0.4) is 0 Å². The molecule has 0 heterocycles. The second-order valence-electron chi connectivity index (χ2n) is 4.49. The second-order valence-corrected chi connectivity index (χ2v) is 4.49. The molecule has 2 atom stereocenters. The fourth-order valence-electron chi connectivity index (χ4n) is 1.37. The van der Waals surface area contributed by atoms with E-state index in [1.54, 1.807) is 13.8 Å². The molecule has 0 radical (unpaired) electrons. The molecule has 2 unspecified atom stereocenters. The Bertz CT molecular complexity index is 401.